The lowest BCUT2D eigenvalue weighted by atomic mass is 10.1. The van der Waals surface area contributed by atoms with Gasteiger partial charge in [-0.2, -0.15) is 0 Å². The molecule has 0 aliphatic heterocycles. The maximum absolute atomic E-state index is 13.7. The third-order valence-electron chi connectivity index (χ3n) is 3.32. The molecule has 0 bridgehead atoms. The van der Waals surface area contributed by atoms with E-state index in [-0.39, 0.29) is 5.82 Å². The van der Waals surface area contributed by atoms with E-state index in [2.05, 4.69) is 20.8 Å². The van der Waals surface area contributed by atoms with Crippen molar-refractivity contribution in [3.05, 3.63) is 57.8 Å². The van der Waals surface area contributed by atoms with Crippen LogP contribution in [0.4, 0.5) is 15.8 Å². The van der Waals surface area contributed by atoms with E-state index in [0.29, 0.717) is 18.5 Å². The summed E-state index contributed by atoms with van der Waals surface area (Å²) < 4.78 is 14.6. The molecule has 4 heteroatoms. The molecule has 0 unspecified atom stereocenters. The van der Waals surface area contributed by atoms with Gasteiger partial charge in [-0.1, -0.05) is 22.0 Å². The molecule has 0 heterocycles. The van der Waals surface area contributed by atoms with E-state index in [1.807, 2.05) is 38.2 Å². The highest BCUT2D eigenvalue weighted by Gasteiger charge is 2.08. The third kappa shape index (κ3) is 3.51. The van der Waals surface area contributed by atoms with E-state index in [1.165, 1.54) is 6.07 Å². The Kier molecular flexibility index (Phi) is 4.65. The van der Waals surface area contributed by atoms with Crippen molar-refractivity contribution in [1.82, 2.24) is 0 Å². The topological polar surface area (TPSA) is 29.3 Å². The Hall–Kier alpha value is -1.55. The Morgan fingerprint density at radius 2 is 1.95 bits per heavy atom. The van der Waals surface area contributed by atoms with Crippen molar-refractivity contribution < 1.29 is 4.39 Å². The van der Waals surface area contributed by atoms with Gasteiger partial charge >= 0.3 is 0 Å². The summed E-state index contributed by atoms with van der Waals surface area (Å²) in [5.41, 5.74) is 9.59. The van der Waals surface area contributed by atoms with Gasteiger partial charge in [0.15, 0.2) is 0 Å². The third-order valence-corrected chi connectivity index (χ3v) is 3.81. The van der Waals surface area contributed by atoms with Crippen LogP contribution in [0.1, 0.15) is 11.1 Å². The molecule has 0 spiro atoms. The Labute approximate surface area is 127 Å². The molecule has 0 saturated carbocycles. The Balaban J connectivity index is 2.08. The van der Waals surface area contributed by atoms with Crippen molar-refractivity contribution in [2.45, 2.75) is 13.3 Å². The SMILES string of the molecule is Cc1ccc(N(C)CCc2cc(Br)ccc2F)c(N)c1. The maximum Gasteiger partial charge on any atom is 0.126 e. The minimum atomic E-state index is -0.168. The molecule has 2 aromatic rings. The van der Waals surface area contributed by atoms with Gasteiger partial charge < -0.3 is 10.6 Å². The lowest BCUT2D eigenvalue weighted by molar-refractivity contribution is 0.608. The van der Waals surface area contributed by atoms with Gasteiger partial charge in [0.05, 0.1) is 11.4 Å². The lowest BCUT2D eigenvalue weighted by Crippen LogP contribution is -2.21. The Bertz CT molecular complexity index is 613. The first-order valence-electron chi connectivity index (χ1n) is 6.48. The van der Waals surface area contributed by atoms with Gasteiger partial charge in [0.25, 0.3) is 0 Å². The molecule has 0 radical (unpaired) electrons. The first-order valence-corrected chi connectivity index (χ1v) is 7.28. The maximum atomic E-state index is 13.7. The molecule has 0 saturated heterocycles. The van der Waals surface area contributed by atoms with Gasteiger partial charge in [-0.15, -0.1) is 0 Å². The van der Waals surface area contributed by atoms with Crippen LogP contribution in [0.3, 0.4) is 0 Å². The number of hydrogen-bond donors (Lipinski definition) is 1. The van der Waals surface area contributed by atoms with Crippen molar-refractivity contribution in [3.8, 4) is 0 Å². The zero-order valence-electron chi connectivity index (χ0n) is 11.7. The minimum Gasteiger partial charge on any atom is -0.397 e. The van der Waals surface area contributed by atoms with Crippen LogP contribution >= 0.6 is 15.9 Å². The van der Waals surface area contributed by atoms with E-state index in [0.717, 1.165) is 21.4 Å². The Morgan fingerprint density at radius 3 is 2.65 bits per heavy atom. The zero-order chi connectivity index (χ0) is 14.7. The molecule has 0 amide bonds. The molecule has 2 aromatic carbocycles. The summed E-state index contributed by atoms with van der Waals surface area (Å²) in [5, 5.41) is 0. The van der Waals surface area contributed by atoms with Crippen LogP contribution in [-0.4, -0.2) is 13.6 Å². The van der Waals surface area contributed by atoms with Crippen molar-refractivity contribution in [2.24, 2.45) is 0 Å². The Morgan fingerprint density at radius 1 is 1.20 bits per heavy atom. The number of benzene rings is 2. The van der Waals surface area contributed by atoms with Crippen LogP contribution in [-0.2, 0) is 6.42 Å². The van der Waals surface area contributed by atoms with Crippen LogP contribution in [0.25, 0.3) is 0 Å². The van der Waals surface area contributed by atoms with Gasteiger partial charge in [0, 0.05) is 18.1 Å². The second-order valence-electron chi connectivity index (χ2n) is 4.97. The molecule has 20 heavy (non-hydrogen) atoms. The van der Waals surface area contributed by atoms with Crippen LogP contribution in [0.15, 0.2) is 40.9 Å². The van der Waals surface area contributed by atoms with Crippen LogP contribution in [0.2, 0.25) is 0 Å². The highest BCUT2D eigenvalue weighted by Crippen LogP contribution is 2.24. The zero-order valence-corrected chi connectivity index (χ0v) is 13.2. The van der Waals surface area contributed by atoms with E-state index >= 15 is 0 Å². The highest BCUT2D eigenvalue weighted by molar-refractivity contribution is 9.10. The number of nitrogen functional groups attached to an aromatic ring is 1. The van der Waals surface area contributed by atoms with Crippen molar-refractivity contribution >= 4 is 27.3 Å². The summed E-state index contributed by atoms with van der Waals surface area (Å²) in [4.78, 5) is 2.05. The second-order valence-corrected chi connectivity index (χ2v) is 5.89. The number of aryl methyl sites for hydroxylation is 1. The lowest BCUT2D eigenvalue weighted by Gasteiger charge is -2.21. The first kappa shape index (κ1) is 14.9. The van der Waals surface area contributed by atoms with Crippen LogP contribution in [0.5, 0.6) is 0 Å². The molecular weight excluding hydrogens is 319 g/mol. The molecule has 0 atom stereocenters. The first-order chi connectivity index (χ1) is 9.47. The molecule has 0 fully saturated rings. The largest absolute Gasteiger partial charge is 0.397 e. The van der Waals surface area contributed by atoms with Gasteiger partial charge in [0.2, 0.25) is 0 Å². The van der Waals surface area contributed by atoms with Crippen molar-refractivity contribution in [1.29, 1.82) is 0 Å². The molecule has 0 aliphatic rings. The number of anilines is 2. The monoisotopic (exact) mass is 336 g/mol. The number of halogens is 2. The standard InChI is InChI=1S/C16H18BrFN2/c1-11-3-6-16(15(19)9-11)20(2)8-7-12-10-13(17)4-5-14(12)18/h3-6,9-10H,7-8,19H2,1-2H3. The number of nitrogens with two attached hydrogens (primary N) is 1. The number of nitrogens with zero attached hydrogens (tertiary/aromatic N) is 1. The fraction of sp³-hybridized carbons (Fsp3) is 0.250. The van der Waals surface area contributed by atoms with Gasteiger partial charge in [-0.3, -0.25) is 0 Å². The van der Waals surface area contributed by atoms with E-state index in [4.69, 9.17) is 5.73 Å². The van der Waals surface area contributed by atoms with Crippen LogP contribution < -0.4 is 10.6 Å². The second kappa shape index (κ2) is 6.27. The fourth-order valence-electron chi connectivity index (χ4n) is 2.17. The number of hydrogen-bond acceptors (Lipinski definition) is 2. The molecule has 2 rings (SSSR count). The fourth-order valence-corrected chi connectivity index (χ4v) is 2.57. The van der Waals surface area contributed by atoms with Crippen molar-refractivity contribution in [2.75, 3.05) is 24.2 Å². The summed E-state index contributed by atoms with van der Waals surface area (Å²) in [6.07, 6.45) is 0.634. The van der Waals surface area contributed by atoms with Gasteiger partial charge in [0.1, 0.15) is 5.82 Å². The summed E-state index contributed by atoms with van der Waals surface area (Å²) in [6.45, 7) is 2.72. The number of likely N-dealkylation sites (N-methyl/N-ethyl adjacent to an activating group) is 1. The molecule has 2 N–H and O–H groups in total. The smallest absolute Gasteiger partial charge is 0.126 e. The van der Waals surface area contributed by atoms with E-state index < -0.39 is 0 Å². The normalized spacial score (nSPS) is 10.6. The molecule has 106 valence electrons. The quantitative estimate of drug-likeness (QED) is 0.849. The molecule has 0 aliphatic carbocycles. The molecular formula is C16H18BrFN2. The summed E-state index contributed by atoms with van der Waals surface area (Å²) in [6, 6.07) is 11.0. The average Bonchev–Trinajstić information content (AvgIpc) is 2.39. The molecule has 2 nitrogen and oxygen atoms in total. The summed E-state index contributed by atoms with van der Waals surface area (Å²) in [7, 11) is 1.97. The van der Waals surface area contributed by atoms with Crippen LogP contribution in [0, 0.1) is 12.7 Å². The number of rotatable bonds is 4. The summed E-state index contributed by atoms with van der Waals surface area (Å²) >= 11 is 3.37. The molecule has 0 aromatic heterocycles. The van der Waals surface area contributed by atoms with Gasteiger partial charge in [-0.25, -0.2) is 4.39 Å². The van der Waals surface area contributed by atoms with Crippen molar-refractivity contribution in [3.63, 3.8) is 0 Å². The predicted molar refractivity (Wildman–Crippen MR) is 86.7 cm³/mol. The van der Waals surface area contributed by atoms with E-state index in [1.54, 1.807) is 6.07 Å². The van der Waals surface area contributed by atoms with E-state index in [9.17, 15) is 4.39 Å². The summed E-state index contributed by atoms with van der Waals surface area (Å²) in [5.74, 6) is -0.168. The predicted octanol–water partition coefficient (Wildman–Crippen LogP) is 4.16. The highest BCUT2D eigenvalue weighted by atomic mass is 79.9. The average molecular weight is 337 g/mol. The minimum absolute atomic E-state index is 0.168. The van der Waals surface area contributed by atoms with Gasteiger partial charge in [-0.05, 0) is 54.8 Å².